The molecule has 3 aromatic rings. The van der Waals surface area contributed by atoms with Gasteiger partial charge in [-0.05, 0) is 68.4 Å². The molecule has 1 N–H and O–H groups in total. The number of fused-ring (bicyclic) bond motifs is 1. The van der Waals surface area contributed by atoms with Crippen molar-refractivity contribution in [2.75, 3.05) is 20.2 Å². The molecule has 6 nitrogen and oxygen atoms in total. The van der Waals surface area contributed by atoms with Crippen LogP contribution in [0, 0.1) is 32.6 Å². The molecule has 7 heteroatoms. The minimum atomic E-state index is -0.132. The van der Waals surface area contributed by atoms with Gasteiger partial charge in [0.05, 0.1) is 23.0 Å². The SMILES string of the molecule is COc1ccc(C(=O)NC[C@@H]2C3C[C@@H]3CN2C(=O)c2nc(C)sc2-c2cccc(C)c2)cc1C. The monoisotopic (exact) mass is 475 g/mol. The summed E-state index contributed by atoms with van der Waals surface area (Å²) in [5.41, 5.74) is 4.21. The van der Waals surface area contributed by atoms with Crippen LogP contribution in [0.5, 0.6) is 5.75 Å². The molecule has 2 fully saturated rings. The fourth-order valence-corrected chi connectivity index (χ4v) is 5.98. The van der Waals surface area contributed by atoms with Gasteiger partial charge in [0, 0.05) is 18.7 Å². The zero-order chi connectivity index (χ0) is 24.0. The molecule has 2 aliphatic rings. The van der Waals surface area contributed by atoms with Crippen LogP contribution < -0.4 is 10.1 Å². The van der Waals surface area contributed by atoms with Gasteiger partial charge in [-0.15, -0.1) is 11.3 Å². The van der Waals surface area contributed by atoms with E-state index in [1.54, 1.807) is 24.5 Å². The summed E-state index contributed by atoms with van der Waals surface area (Å²) in [5.74, 6) is 1.56. The van der Waals surface area contributed by atoms with Crippen LogP contribution in [0.4, 0.5) is 0 Å². The van der Waals surface area contributed by atoms with Gasteiger partial charge in [-0.2, -0.15) is 0 Å². The lowest BCUT2D eigenvalue weighted by Gasteiger charge is -2.27. The average Bonchev–Trinajstić information content (AvgIpc) is 3.33. The van der Waals surface area contributed by atoms with Gasteiger partial charge in [-0.1, -0.05) is 29.8 Å². The molecule has 0 radical (unpaired) electrons. The van der Waals surface area contributed by atoms with Gasteiger partial charge in [-0.3, -0.25) is 9.59 Å². The summed E-state index contributed by atoms with van der Waals surface area (Å²) in [5, 5.41) is 3.95. The zero-order valence-corrected chi connectivity index (χ0v) is 20.7. The van der Waals surface area contributed by atoms with E-state index in [2.05, 4.69) is 29.4 Å². The van der Waals surface area contributed by atoms with Crippen molar-refractivity contribution in [1.82, 2.24) is 15.2 Å². The van der Waals surface area contributed by atoms with Crippen LogP contribution in [0.3, 0.4) is 0 Å². The third-order valence-corrected chi connectivity index (χ3v) is 7.93. The Balaban J connectivity index is 1.33. The van der Waals surface area contributed by atoms with Crippen LogP contribution in [-0.4, -0.2) is 47.9 Å². The lowest BCUT2D eigenvalue weighted by Crippen LogP contribution is -2.45. The van der Waals surface area contributed by atoms with E-state index in [1.165, 1.54) is 0 Å². The molecule has 2 aromatic carbocycles. The molecular formula is C27H29N3O3S. The number of nitrogens with one attached hydrogen (secondary N) is 1. The van der Waals surface area contributed by atoms with E-state index >= 15 is 0 Å². The number of benzene rings is 2. The first-order chi connectivity index (χ1) is 16.4. The summed E-state index contributed by atoms with van der Waals surface area (Å²) in [6, 6.07) is 13.6. The Kier molecular flexibility index (Phi) is 5.90. The highest BCUT2D eigenvalue weighted by atomic mass is 32.1. The molecule has 1 unspecified atom stereocenters. The molecule has 34 heavy (non-hydrogen) atoms. The fraction of sp³-hybridized carbons (Fsp3) is 0.370. The summed E-state index contributed by atoms with van der Waals surface area (Å²) >= 11 is 1.56. The molecule has 0 bridgehead atoms. The highest BCUT2D eigenvalue weighted by Crippen LogP contribution is 2.50. The average molecular weight is 476 g/mol. The van der Waals surface area contributed by atoms with Crippen LogP contribution in [-0.2, 0) is 0 Å². The molecule has 1 aliphatic heterocycles. The lowest BCUT2D eigenvalue weighted by molar-refractivity contribution is 0.0690. The van der Waals surface area contributed by atoms with Crippen LogP contribution in [0.25, 0.3) is 10.4 Å². The number of thiazole rings is 1. The highest BCUT2D eigenvalue weighted by molar-refractivity contribution is 7.15. The minimum absolute atomic E-state index is 0.00633. The van der Waals surface area contributed by atoms with Gasteiger partial charge < -0.3 is 15.0 Å². The van der Waals surface area contributed by atoms with Crippen molar-refractivity contribution < 1.29 is 14.3 Å². The molecule has 1 aromatic heterocycles. The van der Waals surface area contributed by atoms with Crippen LogP contribution in [0.1, 0.15) is 43.4 Å². The van der Waals surface area contributed by atoms with E-state index in [0.717, 1.165) is 45.3 Å². The summed E-state index contributed by atoms with van der Waals surface area (Å²) in [6.07, 6.45) is 1.12. The molecule has 0 spiro atoms. The quantitative estimate of drug-likeness (QED) is 0.564. The van der Waals surface area contributed by atoms with Crippen molar-refractivity contribution in [3.63, 3.8) is 0 Å². The number of nitrogens with zero attached hydrogens (tertiary/aromatic N) is 2. The number of methoxy groups -OCH3 is 1. The Bertz CT molecular complexity index is 1270. The molecule has 2 heterocycles. The van der Waals surface area contributed by atoms with E-state index in [9.17, 15) is 9.59 Å². The Labute approximate surface area is 204 Å². The number of aryl methyl sites for hydroxylation is 3. The van der Waals surface area contributed by atoms with Gasteiger partial charge in [0.1, 0.15) is 11.4 Å². The first-order valence-corrected chi connectivity index (χ1v) is 12.5. The first-order valence-electron chi connectivity index (χ1n) is 11.6. The van der Waals surface area contributed by atoms with Gasteiger partial charge in [0.15, 0.2) is 0 Å². The highest BCUT2D eigenvalue weighted by Gasteiger charge is 2.54. The second-order valence-electron chi connectivity index (χ2n) is 9.36. The smallest absolute Gasteiger partial charge is 0.274 e. The molecule has 1 aliphatic carbocycles. The minimum Gasteiger partial charge on any atom is -0.496 e. The maximum absolute atomic E-state index is 13.7. The Hall–Kier alpha value is -3.19. The Morgan fingerprint density at radius 3 is 2.74 bits per heavy atom. The van der Waals surface area contributed by atoms with Crippen molar-refractivity contribution in [1.29, 1.82) is 0 Å². The number of ether oxygens (including phenoxy) is 1. The Morgan fingerprint density at radius 1 is 1.18 bits per heavy atom. The van der Waals surface area contributed by atoms with Gasteiger partial charge >= 0.3 is 0 Å². The Morgan fingerprint density at radius 2 is 2.00 bits per heavy atom. The number of carbonyl (C=O) groups excluding carboxylic acids is 2. The third-order valence-electron chi connectivity index (χ3n) is 6.91. The second kappa shape index (κ2) is 8.87. The number of likely N-dealkylation sites (tertiary alicyclic amines) is 1. The molecule has 3 atom stereocenters. The van der Waals surface area contributed by atoms with Crippen molar-refractivity contribution >= 4 is 23.2 Å². The van der Waals surface area contributed by atoms with E-state index < -0.39 is 0 Å². The topological polar surface area (TPSA) is 71.5 Å². The first kappa shape index (κ1) is 22.6. The van der Waals surface area contributed by atoms with Crippen LogP contribution >= 0.6 is 11.3 Å². The number of aromatic nitrogens is 1. The fourth-order valence-electron chi connectivity index (χ4n) is 5.08. The van der Waals surface area contributed by atoms with E-state index in [-0.39, 0.29) is 17.9 Å². The van der Waals surface area contributed by atoms with Crippen LogP contribution in [0.2, 0.25) is 0 Å². The number of rotatable bonds is 6. The van der Waals surface area contributed by atoms with Crippen molar-refractivity contribution in [2.45, 2.75) is 33.2 Å². The van der Waals surface area contributed by atoms with Crippen molar-refractivity contribution in [3.8, 4) is 16.2 Å². The largest absolute Gasteiger partial charge is 0.496 e. The third kappa shape index (κ3) is 4.20. The zero-order valence-electron chi connectivity index (χ0n) is 19.9. The van der Waals surface area contributed by atoms with Gasteiger partial charge in [-0.25, -0.2) is 4.98 Å². The van der Waals surface area contributed by atoms with E-state index in [1.807, 2.05) is 43.0 Å². The molecule has 176 valence electrons. The number of amides is 2. The summed E-state index contributed by atoms with van der Waals surface area (Å²) in [6.45, 7) is 7.09. The van der Waals surface area contributed by atoms with E-state index in [4.69, 9.17) is 4.74 Å². The van der Waals surface area contributed by atoms with Gasteiger partial charge in [0.2, 0.25) is 0 Å². The van der Waals surface area contributed by atoms with Crippen molar-refractivity contribution in [2.24, 2.45) is 11.8 Å². The number of hydrogen-bond acceptors (Lipinski definition) is 5. The maximum Gasteiger partial charge on any atom is 0.274 e. The van der Waals surface area contributed by atoms with E-state index in [0.29, 0.717) is 29.6 Å². The standard InChI is InChI=1S/C27H29N3O3S/c1-15-6-5-7-18(10-15)25-24(29-17(3)34-25)27(32)30-14-20-12-21(20)22(30)13-28-26(31)19-8-9-23(33-4)16(2)11-19/h5-11,20-22H,12-14H2,1-4H3,(H,28,31)/t20-,21?,22-/m1/s1. The molecule has 2 amide bonds. The summed E-state index contributed by atoms with van der Waals surface area (Å²) < 4.78 is 5.29. The maximum atomic E-state index is 13.7. The van der Waals surface area contributed by atoms with Crippen molar-refractivity contribution in [3.05, 3.63) is 69.9 Å². The van der Waals surface area contributed by atoms with Gasteiger partial charge in [0.25, 0.3) is 11.8 Å². The molecule has 1 saturated carbocycles. The van der Waals surface area contributed by atoms with Crippen LogP contribution in [0.15, 0.2) is 42.5 Å². The lowest BCUT2D eigenvalue weighted by atomic mass is 10.1. The predicted molar refractivity (Wildman–Crippen MR) is 134 cm³/mol. The normalized spacial score (nSPS) is 20.7. The molecule has 1 saturated heterocycles. The molecular weight excluding hydrogens is 446 g/mol. The number of hydrogen-bond donors (Lipinski definition) is 1. The summed E-state index contributed by atoms with van der Waals surface area (Å²) in [4.78, 5) is 34.0. The second-order valence-corrected chi connectivity index (χ2v) is 10.6. The number of carbonyl (C=O) groups is 2. The summed E-state index contributed by atoms with van der Waals surface area (Å²) in [7, 11) is 1.62. The molecule has 5 rings (SSSR count). The number of piperidine rings is 1. The predicted octanol–water partition coefficient (Wildman–Crippen LogP) is 4.63.